The predicted molar refractivity (Wildman–Crippen MR) is 124 cm³/mol. The summed E-state index contributed by atoms with van der Waals surface area (Å²) in [7, 11) is 0. The molecule has 2 amide bonds. The normalized spacial score (nSPS) is 19.4. The van der Waals surface area contributed by atoms with Gasteiger partial charge in [-0.1, -0.05) is 54.9 Å². The van der Waals surface area contributed by atoms with Crippen LogP contribution in [0, 0.1) is 5.82 Å². The standard InChI is InChI=1S/C18H19ClFN5O2.C6H6/c1-2-12-22-16(24-23-12)17(27)25-7-3-6-18(9-25)8-13(26)21-11-5-4-10(19)15(20)14(11)18;1-2-4-6-5-3-1/h4-5H,2-3,6-9H2,1H3,(H,21,26)(H,22,23,24);1-6H. The van der Waals surface area contributed by atoms with Crippen LogP contribution in [0.2, 0.25) is 5.02 Å². The van der Waals surface area contributed by atoms with Crippen LogP contribution in [0.1, 0.15) is 48.2 Å². The van der Waals surface area contributed by atoms with Gasteiger partial charge in [0, 0.05) is 42.6 Å². The first-order valence-corrected chi connectivity index (χ1v) is 11.3. The van der Waals surface area contributed by atoms with Crippen molar-refractivity contribution in [3.8, 4) is 0 Å². The van der Waals surface area contributed by atoms with Gasteiger partial charge in [0.25, 0.3) is 5.91 Å². The number of hydrogen-bond acceptors (Lipinski definition) is 4. The molecule has 1 spiro atoms. The van der Waals surface area contributed by atoms with Crippen molar-refractivity contribution >= 4 is 29.1 Å². The highest BCUT2D eigenvalue weighted by atomic mass is 35.5. The van der Waals surface area contributed by atoms with Crippen molar-refractivity contribution in [1.82, 2.24) is 20.1 Å². The summed E-state index contributed by atoms with van der Waals surface area (Å²) in [6.45, 7) is 2.64. The van der Waals surface area contributed by atoms with E-state index < -0.39 is 11.2 Å². The van der Waals surface area contributed by atoms with Gasteiger partial charge in [-0.3, -0.25) is 14.7 Å². The molecule has 2 N–H and O–H groups in total. The van der Waals surface area contributed by atoms with Gasteiger partial charge in [-0.15, -0.1) is 5.10 Å². The van der Waals surface area contributed by atoms with E-state index in [0.717, 1.165) is 0 Å². The lowest BCUT2D eigenvalue weighted by molar-refractivity contribution is -0.118. The summed E-state index contributed by atoms with van der Waals surface area (Å²) in [4.78, 5) is 30.9. The molecule has 0 bridgehead atoms. The van der Waals surface area contributed by atoms with E-state index in [2.05, 4.69) is 20.5 Å². The van der Waals surface area contributed by atoms with E-state index in [1.807, 2.05) is 43.3 Å². The van der Waals surface area contributed by atoms with Crippen molar-refractivity contribution in [3.63, 3.8) is 0 Å². The number of nitrogens with one attached hydrogen (secondary N) is 2. The summed E-state index contributed by atoms with van der Waals surface area (Å²) >= 11 is 6.01. The summed E-state index contributed by atoms with van der Waals surface area (Å²) in [5.41, 5.74) is 0.00900. The number of H-pyrrole nitrogens is 1. The van der Waals surface area contributed by atoms with Crippen LogP contribution in [0.4, 0.5) is 10.1 Å². The van der Waals surface area contributed by atoms with E-state index in [9.17, 15) is 14.0 Å². The van der Waals surface area contributed by atoms with Gasteiger partial charge in [-0.25, -0.2) is 9.37 Å². The second kappa shape index (κ2) is 9.70. The molecule has 1 saturated heterocycles. The first-order chi connectivity index (χ1) is 15.9. The van der Waals surface area contributed by atoms with Crippen LogP contribution >= 0.6 is 11.6 Å². The summed E-state index contributed by atoms with van der Waals surface area (Å²) in [6, 6.07) is 15.0. The molecule has 1 unspecified atom stereocenters. The number of hydrogen-bond donors (Lipinski definition) is 2. The summed E-state index contributed by atoms with van der Waals surface area (Å²) < 4.78 is 14.9. The van der Waals surface area contributed by atoms with Gasteiger partial charge in [0.15, 0.2) is 0 Å². The molecular formula is C24H25ClFN5O2. The molecule has 0 aliphatic carbocycles. The minimum atomic E-state index is -0.801. The Morgan fingerprint density at radius 2 is 1.91 bits per heavy atom. The van der Waals surface area contributed by atoms with Crippen molar-refractivity contribution in [2.24, 2.45) is 0 Å². The molecule has 9 heteroatoms. The first-order valence-electron chi connectivity index (χ1n) is 10.9. The fourth-order valence-corrected chi connectivity index (χ4v) is 4.65. The number of piperidine rings is 1. The van der Waals surface area contributed by atoms with Crippen molar-refractivity contribution in [3.05, 3.63) is 76.6 Å². The second-order valence-corrected chi connectivity index (χ2v) is 8.64. The SMILES string of the molecule is CCc1nc(C(=O)N2CCCC3(CC(=O)Nc4ccc(Cl)c(F)c43)C2)n[nH]1.c1ccccc1. The van der Waals surface area contributed by atoms with Gasteiger partial charge in [-0.2, -0.15) is 0 Å². The summed E-state index contributed by atoms with van der Waals surface area (Å²) in [6.07, 6.45) is 1.99. The highest BCUT2D eigenvalue weighted by Gasteiger charge is 2.46. The molecule has 7 nitrogen and oxygen atoms in total. The highest BCUT2D eigenvalue weighted by Crippen LogP contribution is 2.46. The van der Waals surface area contributed by atoms with Crippen LogP contribution in [0.5, 0.6) is 0 Å². The number of rotatable bonds is 2. The number of halogens is 2. The van der Waals surface area contributed by atoms with Gasteiger partial charge < -0.3 is 10.2 Å². The van der Waals surface area contributed by atoms with E-state index in [4.69, 9.17) is 11.6 Å². The van der Waals surface area contributed by atoms with Gasteiger partial charge in [0.2, 0.25) is 11.7 Å². The second-order valence-electron chi connectivity index (χ2n) is 8.23. The van der Waals surface area contributed by atoms with E-state index in [0.29, 0.717) is 42.9 Å². The number of nitrogens with zero attached hydrogens (tertiary/aromatic N) is 3. The average Bonchev–Trinajstić information content (AvgIpc) is 3.32. The lowest BCUT2D eigenvalue weighted by atomic mass is 9.69. The Hall–Kier alpha value is -3.26. The minimum absolute atomic E-state index is 0.00859. The van der Waals surface area contributed by atoms with E-state index in [1.54, 1.807) is 11.0 Å². The number of carbonyl (C=O) groups is 2. The topological polar surface area (TPSA) is 91.0 Å². The van der Waals surface area contributed by atoms with Crippen molar-refractivity contribution in [2.75, 3.05) is 18.4 Å². The number of likely N-dealkylation sites (tertiary alicyclic amines) is 1. The van der Waals surface area contributed by atoms with E-state index in [-0.39, 0.29) is 35.6 Å². The number of carbonyl (C=O) groups excluding carboxylic acids is 2. The third-order valence-corrected chi connectivity index (χ3v) is 6.28. The van der Waals surface area contributed by atoms with Gasteiger partial charge in [0.05, 0.1) is 5.02 Å². The quantitative estimate of drug-likeness (QED) is 0.583. The Kier molecular flexibility index (Phi) is 6.74. The molecule has 1 atom stereocenters. The molecule has 3 aromatic rings. The lowest BCUT2D eigenvalue weighted by Crippen LogP contribution is -2.52. The highest BCUT2D eigenvalue weighted by molar-refractivity contribution is 6.31. The summed E-state index contributed by atoms with van der Waals surface area (Å²) in [5, 5.41) is 9.44. The maximum Gasteiger partial charge on any atom is 0.293 e. The van der Waals surface area contributed by atoms with Crippen LogP contribution in [0.15, 0.2) is 48.5 Å². The average molecular weight is 470 g/mol. The molecule has 0 saturated carbocycles. The van der Waals surface area contributed by atoms with Crippen LogP contribution in [-0.4, -0.2) is 45.0 Å². The Bertz CT molecular complexity index is 1130. The molecule has 172 valence electrons. The molecule has 1 aromatic heterocycles. The maximum atomic E-state index is 14.9. The molecule has 0 radical (unpaired) electrons. The number of anilines is 1. The number of amides is 2. The summed E-state index contributed by atoms with van der Waals surface area (Å²) in [5.74, 6) is -0.319. The van der Waals surface area contributed by atoms with Gasteiger partial charge >= 0.3 is 0 Å². The largest absolute Gasteiger partial charge is 0.335 e. The number of aryl methyl sites for hydroxylation is 1. The van der Waals surface area contributed by atoms with Gasteiger partial charge in [0.1, 0.15) is 11.6 Å². The molecule has 2 aromatic carbocycles. The zero-order valence-electron chi connectivity index (χ0n) is 18.3. The molecular weight excluding hydrogens is 445 g/mol. The Morgan fingerprint density at radius 1 is 1.21 bits per heavy atom. The van der Waals surface area contributed by atoms with E-state index >= 15 is 0 Å². The maximum absolute atomic E-state index is 14.9. The lowest BCUT2D eigenvalue weighted by Gasteiger charge is -2.45. The van der Waals surface area contributed by atoms with Crippen molar-refractivity contribution < 1.29 is 14.0 Å². The van der Waals surface area contributed by atoms with Gasteiger partial charge in [-0.05, 0) is 25.0 Å². The van der Waals surface area contributed by atoms with Crippen LogP contribution < -0.4 is 5.32 Å². The Balaban J connectivity index is 0.000000376. The molecule has 1 fully saturated rings. The fourth-order valence-electron chi connectivity index (χ4n) is 4.49. The molecule has 2 aliphatic rings. The zero-order valence-corrected chi connectivity index (χ0v) is 19.0. The number of aromatic amines is 1. The number of benzene rings is 2. The molecule has 33 heavy (non-hydrogen) atoms. The van der Waals surface area contributed by atoms with Crippen molar-refractivity contribution in [1.29, 1.82) is 0 Å². The first kappa shape index (κ1) is 22.9. The number of aromatic nitrogens is 3. The molecule has 3 heterocycles. The monoisotopic (exact) mass is 469 g/mol. The predicted octanol–water partition coefficient (Wildman–Crippen LogP) is 4.36. The fraction of sp³-hybridized carbons (Fsp3) is 0.333. The van der Waals surface area contributed by atoms with Crippen LogP contribution in [-0.2, 0) is 16.6 Å². The number of fused-ring (bicyclic) bond motifs is 2. The van der Waals surface area contributed by atoms with E-state index in [1.165, 1.54) is 6.07 Å². The molecule has 2 aliphatic heterocycles. The van der Waals surface area contributed by atoms with Crippen molar-refractivity contribution in [2.45, 2.75) is 38.0 Å². The van der Waals surface area contributed by atoms with Crippen LogP contribution in [0.3, 0.4) is 0 Å². The molecule has 5 rings (SSSR count). The minimum Gasteiger partial charge on any atom is -0.335 e. The zero-order chi connectivity index (χ0) is 23.4. The Morgan fingerprint density at radius 3 is 2.55 bits per heavy atom. The third kappa shape index (κ3) is 4.75. The third-order valence-electron chi connectivity index (χ3n) is 5.99. The van der Waals surface area contributed by atoms with Crippen LogP contribution in [0.25, 0.3) is 0 Å². The smallest absolute Gasteiger partial charge is 0.293 e. The Labute approximate surface area is 196 Å².